The Morgan fingerprint density at radius 3 is 2.88 bits per heavy atom. The number of aldehydes is 1. The van der Waals surface area contributed by atoms with Gasteiger partial charge in [-0.15, -0.1) is 0 Å². The van der Waals surface area contributed by atoms with E-state index in [0.29, 0.717) is 34.4 Å². The number of aromatic nitrogens is 1. The zero-order chi connectivity index (χ0) is 11.5. The molecule has 0 bridgehead atoms. The third-order valence-electron chi connectivity index (χ3n) is 2.33. The van der Waals surface area contributed by atoms with Crippen molar-refractivity contribution in [3.8, 4) is 17.3 Å². The molecule has 0 N–H and O–H groups in total. The van der Waals surface area contributed by atoms with Gasteiger partial charge in [0.15, 0.2) is 6.29 Å². The summed E-state index contributed by atoms with van der Waals surface area (Å²) in [6, 6.07) is 9.02. The Bertz CT molecular complexity index is 579. The maximum Gasteiger partial charge on any atom is 0.155 e. The summed E-state index contributed by atoms with van der Waals surface area (Å²) in [5, 5.41) is 12.8. The molecule has 0 aliphatic carbocycles. The van der Waals surface area contributed by atoms with Crippen LogP contribution in [0.3, 0.4) is 0 Å². The predicted molar refractivity (Wildman–Crippen MR) is 56.8 cm³/mol. The van der Waals surface area contributed by atoms with Crippen LogP contribution < -0.4 is 0 Å². The van der Waals surface area contributed by atoms with Crippen LogP contribution in [0.25, 0.3) is 11.3 Å². The van der Waals surface area contributed by atoms with E-state index in [0.717, 1.165) is 0 Å². The molecule has 0 fully saturated rings. The van der Waals surface area contributed by atoms with Crippen molar-refractivity contribution in [3.05, 3.63) is 41.2 Å². The van der Waals surface area contributed by atoms with Crippen molar-refractivity contribution < 1.29 is 9.32 Å². The minimum Gasteiger partial charge on any atom is -0.360 e. The van der Waals surface area contributed by atoms with Crippen LogP contribution in [0.15, 0.2) is 28.8 Å². The quantitative estimate of drug-likeness (QED) is 0.716. The Morgan fingerprint density at radius 2 is 2.19 bits per heavy atom. The van der Waals surface area contributed by atoms with Crippen LogP contribution in [0.4, 0.5) is 0 Å². The monoisotopic (exact) mass is 212 g/mol. The van der Waals surface area contributed by atoms with Crippen LogP contribution in [0.5, 0.6) is 0 Å². The first-order valence-electron chi connectivity index (χ1n) is 4.69. The molecule has 0 unspecified atom stereocenters. The van der Waals surface area contributed by atoms with E-state index < -0.39 is 0 Å². The molecule has 16 heavy (non-hydrogen) atoms. The standard InChI is InChI=1S/C12H8N2O2/c1-8-11(7-15)12(14-16-8)10-5-3-2-4-9(10)6-13/h2-5,7H,1H3. The van der Waals surface area contributed by atoms with Crippen LogP contribution in [0.1, 0.15) is 21.7 Å². The van der Waals surface area contributed by atoms with Gasteiger partial charge in [0.2, 0.25) is 0 Å². The lowest BCUT2D eigenvalue weighted by molar-refractivity contribution is 0.112. The summed E-state index contributed by atoms with van der Waals surface area (Å²) in [5.74, 6) is 0.456. The molecule has 0 spiro atoms. The molecule has 0 saturated carbocycles. The Hall–Kier alpha value is -2.41. The van der Waals surface area contributed by atoms with Gasteiger partial charge in [-0.2, -0.15) is 5.26 Å². The third-order valence-corrected chi connectivity index (χ3v) is 2.33. The van der Waals surface area contributed by atoms with Crippen LogP contribution in [-0.4, -0.2) is 11.4 Å². The van der Waals surface area contributed by atoms with Gasteiger partial charge in [-0.3, -0.25) is 4.79 Å². The van der Waals surface area contributed by atoms with Crippen LogP contribution in [0.2, 0.25) is 0 Å². The number of nitrogens with zero attached hydrogens (tertiary/aromatic N) is 2. The first-order chi connectivity index (χ1) is 7.77. The van der Waals surface area contributed by atoms with Crippen molar-refractivity contribution in [3.63, 3.8) is 0 Å². The number of hydrogen-bond acceptors (Lipinski definition) is 4. The molecule has 4 heteroatoms. The highest BCUT2D eigenvalue weighted by Gasteiger charge is 2.16. The largest absolute Gasteiger partial charge is 0.360 e. The zero-order valence-electron chi connectivity index (χ0n) is 8.60. The Morgan fingerprint density at radius 1 is 1.44 bits per heavy atom. The molecule has 0 radical (unpaired) electrons. The maximum atomic E-state index is 10.9. The van der Waals surface area contributed by atoms with Gasteiger partial charge in [0.05, 0.1) is 17.2 Å². The SMILES string of the molecule is Cc1onc(-c2ccccc2C#N)c1C=O. The van der Waals surface area contributed by atoms with Gasteiger partial charge < -0.3 is 4.52 Å². The van der Waals surface area contributed by atoms with Crippen LogP contribution >= 0.6 is 0 Å². The van der Waals surface area contributed by atoms with E-state index in [1.54, 1.807) is 31.2 Å². The highest BCUT2D eigenvalue weighted by atomic mass is 16.5. The van der Waals surface area contributed by atoms with E-state index in [2.05, 4.69) is 11.2 Å². The first kappa shape index (κ1) is 10.1. The number of carbonyl (C=O) groups is 1. The smallest absolute Gasteiger partial charge is 0.155 e. The predicted octanol–water partition coefficient (Wildman–Crippen LogP) is 2.33. The summed E-state index contributed by atoms with van der Waals surface area (Å²) in [6.07, 6.45) is 0.690. The third kappa shape index (κ3) is 1.48. The Labute approximate surface area is 92.1 Å². The average molecular weight is 212 g/mol. The van der Waals surface area contributed by atoms with Crippen LogP contribution in [-0.2, 0) is 0 Å². The van der Waals surface area contributed by atoms with Gasteiger partial charge in [0.1, 0.15) is 11.5 Å². The summed E-state index contributed by atoms with van der Waals surface area (Å²) in [7, 11) is 0. The number of carbonyl (C=O) groups excluding carboxylic acids is 1. The van der Waals surface area contributed by atoms with E-state index in [1.807, 2.05) is 0 Å². The highest BCUT2D eigenvalue weighted by molar-refractivity contribution is 5.88. The minimum atomic E-state index is 0.391. The van der Waals surface area contributed by atoms with E-state index in [9.17, 15) is 4.79 Å². The molecule has 1 heterocycles. The fourth-order valence-electron chi connectivity index (χ4n) is 1.50. The molecule has 0 aliphatic heterocycles. The summed E-state index contributed by atoms with van der Waals surface area (Å²) >= 11 is 0. The number of rotatable bonds is 2. The van der Waals surface area contributed by atoms with Crippen molar-refractivity contribution in [2.75, 3.05) is 0 Å². The van der Waals surface area contributed by atoms with Gasteiger partial charge in [-0.05, 0) is 13.0 Å². The Balaban J connectivity index is 2.68. The molecule has 4 nitrogen and oxygen atoms in total. The maximum absolute atomic E-state index is 10.9. The van der Waals surface area contributed by atoms with Gasteiger partial charge >= 0.3 is 0 Å². The molecule has 2 rings (SSSR count). The molecule has 0 amide bonds. The summed E-state index contributed by atoms with van der Waals surface area (Å²) < 4.78 is 4.95. The minimum absolute atomic E-state index is 0.391. The second-order valence-electron chi connectivity index (χ2n) is 3.28. The van der Waals surface area contributed by atoms with Crippen molar-refractivity contribution in [1.29, 1.82) is 5.26 Å². The molecule has 0 saturated heterocycles. The lowest BCUT2D eigenvalue weighted by atomic mass is 10.0. The van der Waals surface area contributed by atoms with Gasteiger partial charge in [-0.25, -0.2) is 0 Å². The molecular weight excluding hydrogens is 204 g/mol. The van der Waals surface area contributed by atoms with E-state index in [-0.39, 0.29) is 0 Å². The molecular formula is C12H8N2O2. The van der Waals surface area contributed by atoms with E-state index >= 15 is 0 Å². The van der Waals surface area contributed by atoms with Crippen LogP contribution in [0, 0.1) is 18.3 Å². The lowest BCUT2D eigenvalue weighted by Crippen LogP contribution is -1.89. The number of benzene rings is 1. The second-order valence-corrected chi connectivity index (χ2v) is 3.28. The first-order valence-corrected chi connectivity index (χ1v) is 4.69. The lowest BCUT2D eigenvalue weighted by Gasteiger charge is -1.98. The summed E-state index contributed by atoms with van der Waals surface area (Å²) in [4.78, 5) is 10.9. The van der Waals surface area contributed by atoms with Crippen molar-refractivity contribution in [1.82, 2.24) is 5.16 Å². The fourth-order valence-corrected chi connectivity index (χ4v) is 1.50. The molecule has 1 aromatic carbocycles. The molecule has 78 valence electrons. The van der Waals surface area contributed by atoms with Crippen molar-refractivity contribution in [2.24, 2.45) is 0 Å². The van der Waals surface area contributed by atoms with E-state index in [4.69, 9.17) is 9.78 Å². The van der Waals surface area contributed by atoms with Crippen molar-refractivity contribution in [2.45, 2.75) is 6.92 Å². The topological polar surface area (TPSA) is 66.9 Å². The summed E-state index contributed by atoms with van der Waals surface area (Å²) in [5.41, 5.74) is 1.90. The molecule has 0 aliphatic rings. The Kier molecular flexibility index (Phi) is 2.52. The summed E-state index contributed by atoms with van der Waals surface area (Å²) in [6.45, 7) is 1.66. The van der Waals surface area contributed by atoms with E-state index in [1.165, 1.54) is 0 Å². The number of nitriles is 1. The fraction of sp³-hybridized carbons (Fsp3) is 0.0833. The number of hydrogen-bond donors (Lipinski definition) is 0. The van der Waals surface area contributed by atoms with Gasteiger partial charge in [0, 0.05) is 5.56 Å². The molecule has 2 aromatic rings. The molecule has 0 atom stereocenters. The average Bonchev–Trinajstić information content (AvgIpc) is 2.70. The van der Waals surface area contributed by atoms with Crippen molar-refractivity contribution >= 4 is 6.29 Å². The van der Waals surface area contributed by atoms with Gasteiger partial charge in [-0.1, -0.05) is 23.4 Å². The molecule has 1 aromatic heterocycles. The number of aryl methyl sites for hydroxylation is 1. The zero-order valence-corrected chi connectivity index (χ0v) is 8.60. The highest BCUT2D eigenvalue weighted by Crippen LogP contribution is 2.26. The van der Waals surface area contributed by atoms with Gasteiger partial charge in [0.25, 0.3) is 0 Å². The second kappa shape index (κ2) is 3.99. The normalized spacial score (nSPS) is 9.75.